The minimum absolute atomic E-state index is 0.0807. The summed E-state index contributed by atoms with van der Waals surface area (Å²) in [6, 6.07) is 5.57. The van der Waals surface area contributed by atoms with Gasteiger partial charge in [0, 0.05) is 30.4 Å². The summed E-state index contributed by atoms with van der Waals surface area (Å²) < 4.78 is 39.9. The summed E-state index contributed by atoms with van der Waals surface area (Å²) in [5.41, 5.74) is -0.184. The number of carbonyl (C=O) groups is 1. The predicted molar refractivity (Wildman–Crippen MR) is 101 cm³/mol. The fourth-order valence-corrected chi connectivity index (χ4v) is 3.58. The van der Waals surface area contributed by atoms with E-state index in [-0.39, 0.29) is 23.4 Å². The van der Waals surface area contributed by atoms with Gasteiger partial charge in [0.15, 0.2) is 0 Å². The van der Waals surface area contributed by atoms with Crippen LogP contribution in [0.1, 0.15) is 26.3 Å². The Kier molecular flexibility index (Phi) is 5.52. The van der Waals surface area contributed by atoms with Crippen LogP contribution >= 0.6 is 0 Å². The number of benzene rings is 1. The Hall–Kier alpha value is -2.35. The van der Waals surface area contributed by atoms with Gasteiger partial charge in [0.1, 0.15) is 6.10 Å². The second-order valence-electron chi connectivity index (χ2n) is 7.72. The number of hydrogen-bond donors (Lipinski definition) is 2. The van der Waals surface area contributed by atoms with Crippen LogP contribution in [-0.2, 0) is 11.0 Å². The molecular formula is C20H24F3N3O2. The number of rotatable bonds is 4. The van der Waals surface area contributed by atoms with Crippen LogP contribution in [0.25, 0.3) is 10.9 Å². The number of alkyl halides is 3. The minimum atomic E-state index is -4.48. The number of halogens is 3. The quantitative estimate of drug-likeness (QED) is 0.835. The highest BCUT2D eigenvalue weighted by Crippen LogP contribution is 2.38. The van der Waals surface area contributed by atoms with Crippen LogP contribution in [0.15, 0.2) is 30.5 Å². The van der Waals surface area contributed by atoms with Gasteiger partial charge in [-0.2, -0.15) is 13.2 Å². The van der Waals surface area contributed by atoms with Gasteiger partial charge in [-0.25, -0.2) is 0 Å². The van der Waals surface area contributed by atoms with Gasteiger partial charge in [0.2, 0.25) is 5.91 Å². The topological polar surface area (TPSA) is 65.5 Å². The highest BCUT2D eigenvalue weighted by Gasteiger charge is 2.36. The van der Waals surface area contributed by atoms with E-state index >= 15 is 0 Å². The standard InChI is InChI=1S/C20H24F3N3O2/c1-11(2)18(27)19(28)25-15-10-26(9-12(15)3)16-7-6-14(20(21,22)23)17-13(16)5-4-8-24-17/h4-8,11-12,15,18,27H,9-10H2,1-3H3,(H,25,28)/t12-,15+,18-/m1/s1. The molecule has 1 fully saturated rings. The van der Waals surface area contributed by atoms with Gasteiger partial charge in [0.05, 0.1) is 17.1 Å². The van der Waals surface area contributed by atoms with Crippen LogP contribution in [0.5, 0.6) is 0 Å². The first kappa shape index (κ1) is 20.4. The number of pyridine rings is 1. The number of aliphatic hydroxyl groups is 1. The molecule has 0 bridgehead atoms. The zero-order valence-electron chi connectivity index (χ0n) is 16.0. The van der Waals surface area contributed by atoms with Crippen molar-refractivity contribution in [2.24, 2.45) is 11.8 Å². The zero-order chi connectivity index (χ0) is 20.6. The van der Waals surface area contributed by atoms with Crippen molar-refractivity contribution in [3.63, 3.8) is 0 Å². The Bertz CT molecular complexity index is 869. The number of fused-ring (bicyclic) bond motifs is 1. The molecule has 0 unspecified atom stereocenters. The van der Waals surface area contributed by atoms with Crippen molar-refractivity contribution in [3.8, 4) is 0 Å². The van der Waals surface area contributed by atoms with Crippen LogP contribution in [0.2, 0.25) is 0 Å². The van der Waals surface area contributed by atoms with Gasteiger partial charge in [-0.05, 0) is 36.1 Å². The Morgan fingerprint density at radius 2 is 2.00 bits per heavy atom. The Labute approximate surface area is 161 Å². The lowest BCUT2D eigenvalue weighted by Crippen LogP contribution is -2.46. The summed E-state index contributed by atoms with van der Waals surface area (Å²) in [7, 11) is 0. The van der Waals surface area contributed by atoms with Crippen molar-refractivity contribution in [2.75, 3.05) is 18.0 Å². The summed E-state index contributed by atoms with van der Waals surface area (Å²) in [6.07, 6.45) is -4.21. The molecule has 1 aliphatic heterocycles. The molecule has 5 nitrogen and oxygen atoms in total. The molecule has 0 aliphatic carbocycles. The third-order valence-electron chi connectivity index (χ3n) is 5.23. The van der Waals surface area contributed by atoms with Crippen LogP contribution in [0.4, 0.5) is 18.9 Å². The van der Waals surface area contributed by atoms with Crippen molar-refractivity contribution >= 4 is 22.5 Å². The van der Waals surface area contributed by atoms with E-state index in [2.05, 4.69) is 10.3 Å². The molecule has 1 aliphatic rings. The maximum Gasteiger partial charge on any atom is 0.418 e. The normalized spacial score (nSPS) is 21.4. The van der Waals surface area contributed by atoms with Gasteiger partial charge in [0.25, 0.3) is 0 Å². The summed E-state index contributed by atoms with van der Waals surface area (Å²) in [5.74, 6) is -0.539. The fraction of sp³-hybridized carbons (Fsp3) is 0.500. The molecule has 2 heterocycles. The van der Waals surface area contributed by atoms with Gasteiger partial charge in [-0.3, -0.25) is 9.78 Å². The number of anilines is 1. The van der Waals surface area contributed by atoms with E-state index < -0.39 is 23.8 Å². The highest BCUT2D eigenvalue weighted by molar-refractivity contribution is 5.94. The second kappa shape index (κ2) is 7.58. The third-order valence-corrected chi connectivity index (χ3v) is 5.23. The molecule has 3 rings (SSSR count). The molecule has 1 aromatic carbocycles. The van der Waals surface area contributed by atoms with Crippen LogP contribution in [-0.4, -0.2) is 41.2 Å². The Morgan fingerprint density at radius 1 is 1.29 bits per heavy atom. The molecule has 28 heavy (non-hydrogen) atoms. The smallest absolute Gasteiger partial charge is 0.383 e. The molecule has 1 saturated heterocycles. The van der Waals surface area contributed by atoms with Crippen molar-refractivity contribution in [1.29, 1.82) is 0 Å². The van der Waals surface area contributed by atoms with E-state index in [1.165, 1.54) is 12.3 Å². The number of amides is 1. The third kappa shape index (κ3) is 3.92. The van der Waals surface area contributed by atoms with E-state index in [1.807, 2.05) is 11.8 Å². The first-order valence-corrected chi connectivity index (χ1v) is 9.28. The molecule has 0 saturated carbocycles. The zero-order valence-corrected chi connectivity index (χ0v) is 16.0. The van der Waals surface area contributed by atoms with Gasteiger partial charge in [-0.15, -0.1) is 0 Å². The van der Waals surface area contributed by atoms with Gasteiger partial charge in [-0.1, -0.05) is 20.8 Å². The van der Waals surface area contributed by atoms with Crippen molar-refractivity contribution in [3.05, 3.63) is 36.0 Å². The SMILES string of the molecule is CC(C)[C@@H](O)C(=O)N[C@H]1CN(c2ccc(C(F)(F)F)c3ncccc23)C[C@H]1C. The lowest BCUT2D eigenvalue weighted by Gasteiger charge is -2.23. The van der Waals surface area contributed by atoms with Crippen molar-refractivity contribution < 1.29 is 23.1 Å². The summed E-state index contributed by atoms with van der Waals surface area (Å²) in [5, 5.41) is 13.2. The minimum Gasteiger partial charge on any atom is -0.383 e. The molecular weight excluding hydrogens is 371 g/mol. The first-order chi connectivity index (χ1) is 13.1. The molecule has 1 aromatic heterocycles. The average molecular weight is 395 g/mol. The Balaban J connectivity index is 1.87. The number of carbonyl (C=O) groups excluding carboxylic acids is 1. The van der Waals surface area contributed by atoms with Crippen molar-refractivity contribution in [2.45, 2.75) is 39.1 Å². The molecule has 152 valence electrons. The van der Waals surface area contributed by atoms with Crippen molar-refractivity contribution in [1.82, 2.24) is 10.3 Å². The van der Waals surface area contributed by atoms with Gasteiger partial charge < -0.3 is 15.3 Å². The maximum atomic E-state index is 13.3. The highest BCUT2D eigenvalue weighted by atomic mass is 19.4. The molecule has 3 atom stereocenters. The predicted octanol–water partition coefficient (Wildman–Crippen LogP) is 3.21. The number of hydrogen-bond acceptors (Lipinski definition) is 4. The monoisotopic (exact) mass is 395 g/mol. The molecule has 0 radical (unpaired) electrons. The van der Waals surface area contributed by atoms with E-state index in [0.717, 1.165) is 6.07 Å². The molecule has 2 aromatic rings. The lowest BCUT2D eigenvalue weighted by molar-refractivity contribution is -0.136. The number of aromatic nitrogens is 1. The second-order valence-corrected chi connectivity index (χ2v) is 7.72. The van der Waals surface area contributed by atoms with Crippen LogP contribution in [0, 0.1) is 11.8 Å². The summed E-state index contributed by atoms with van der Waals surface area (Å²) in [6.45, 7) is 6.52. The first-order valence-electron chi connectivity index (χ1n) is 9.28. The Morgan fingerprint density at radius 3 is 2.64 bits per heavy atom. The largest absolute Gasteiger partial charge is 0.418 e. The van der Waals surface area contributed by atoms with E-state index in [9.17, 15) is 23.1 Å². The number of aliphatic hydroxyl groups excluding tert-OH is 1. The number of nitrogens with one attached hydrogen (secondary N) is 1. The lowest BCUT2D eigenvalue weighted by atomic mass is 10.0. The maximum absolute atomic E-state index is 13.3. The summed E-state index contributed by atoms with van der Waals surface area (Å²) >= 11 is 0. The molecule has 2 N–H and O–H groups in total. The van der Waals surface area contributed by atoms with E-state index in [4.69, 9.17) is 0 Å². The van der Waals surface area contributed by atoms with E-state index in [0.29, 0.717) is 24.2 Å². The van der Waals surface area contributed by atoms with Crippen LogP contribution < -0.4 is 10.2 Å². The molecule has 1 amide bonds. The van der Waals surface area contributed by atoms with Gasteiger partial charge >= 0.3 is 6.18 Å². The molecule has 8 heteroatoms. The number of nitrogens with zero attached hydrogens (tertiary/aromatic N) is 2. The van der Waals surface area contributed by atoms with E-state index in [1.54, 1.807) is 26.0 Å². The average Bonchev–Trinajstić information content (AvgIpc) is 2.99. The fourth-order valence-electron chi connectivity index (χ4n) is 3.58. The summed E-state index contributed by atoms with van der Waals surface area (Å²) in [4.78, 5) is 18.1. The molecule has 0 spiro atoms. The van der Waals surface area contributed by atoms with Crippen LogP contribution in [0.3, 0.4) is 0 Å².